The molecule has 1 aliphatic carbocycles. The summed E-state index contributed by atoms with van der Waals surface area (Å²) < 4.78 is 0. The normalized spacial score (nSPS) is 13.9. The Kier molecular flexibility index (Phi) is 6.06. The maximum Gasteiger partial charge on any atom is 0.256 e. The Bertz CT molecular complexity index is 1220. The second-order valence-electron chi connectivity index (χ2n) is 8.03. The second-order valence-corrected chi connectivity index (χ2v) is 10.1. The van der Waals surface area contributed by atoms with Gasteiger partial charge in [-0.05, 0) is 73.9 Å². The van der Waals surface area contributed by atoms with Crippen molar-refractivity contribution in [1.29, 1.82) is 0 Å². The molecule has 6 heteroatoms. The van der Waals surface area contributed by atoms with Crippen LogP contribution in [-0.4, -0.2) is 10.9 Å². The summed E-state index contributed by atoms with van der Waals surface area (Å²) in [6.07, 6.45) is 4.51. The Hall–Kier alpha value is -2.96. The number of nitrogens with one attached hydrogen (secondary N) is 2. The van der Waals surface area contributed by atoms with Crippen LogP contribution in [0, 0.1) is 6.92 Å². The average molecular weight is 460 g/mol. The molecule has 4 nitrogen and oxygen atoms in total. The van der Waals surface area contributed by atoms with Gasteiger partial charge >= 0.3 is 0 Å². The van der Waals surface area contributed by atoms with Crippen molar-refractivity contribution in [2.75, 3.05) is 10.6 Å². The van der Waals surface area contributed by atoms with Crippen LogP contribution in [0.4, 0.5) is 10.8 Å². The van der Waals surface area contributed by atoms with Crippen molar-refractivity contribution in [3.63, 3.8) is 0 Å². The Morgan fingerprint density at radius 3 is 2.62 bits per heavy atom. The number of benzene rings is 1. The highest BCUT2D eigenvalue weighted by Crippen LogP contribution is 2.45. The number of aromatic nitrogens is 1. The lowest BCUT2D eigenvalue weighted by Gasteiger charge is -2.23. The minimum absolute atomic E-state index is 0.0616. The molecular weight excluding hydrogens is 434 g/mol. The van der Waals surface area contributed by atoms with E-state index in [1.165, 1.54) is 33.7 Å². The molecule has 1 aromatic carbocycles. The number of nitrogens with zero attached hydrogens (tertiary/aromatic N) is 1. The zero-order valence-electron chi connectivity index (χ0n) is 17.9. The molecular formula is C26H25N3OS2. The van der Waals surface area contributed by atoms with E-state index in [1.807, 2.05) is 55.5 Å². The van der Waals surface area contributed by atoms with Crippen molar-refractivity contribution < 1.29 is 4.79 Å². The Morgan fingerprint density at radius 1 is 1.00 bits per heavy atom. The Morgan fingerprint density at radius 2 is 1.84 bits per heavy atom. The molecule has 1 atom stereocenters. The van der Waals surface area contributed by atoms with Crippen LogP contribution in [0.25, 0.3) is 0 Å². The molecule has 0 fully saturated rings. The molecule has 0 saturated carbocycles. The first-order valence-corrected chi connectivity index (χ1v) is 12.6. The van der Waals surface area contributed by atoms with Crippen molar-refractivity contribution in [2.45, 2.75) is 38.6 Å². The highest BCUT2D eigenvalue weighted by molar-refractivity contribution is 7.16. The first kappa shape index (κ1) is 20.9. The predicted octanol–water partition coefficient (Wildman–Crippen LogP) is 6.85. The van der Waals surface area contributed by atoms with Crippen molar-refractivity contribution in [3.05, 3.63) is 98.2 Å². The van der Waals surface area contributed by atoms with Crippen molar-refractivity contribution in [2.24, 2.45) is 0 Å². The van der Waals surface area contributed by atoms with Gasteiger partial charge in [0.05, 0.1) is 6.04 Å². The molecule has 0 bridgehead atoms. The lowest BCUT2D eigenvalue weighted by Crippen LogP contribution is -2.18. The first-order chi connectivity index (χ1) is 15.7. The molecule has 1 unspecified atom stereocenters. The quantitative estimate of drug-likeness (QED) is 0.332. The van der Waals surface area contributed by atoms with Crippen LogP contribution in [0.3, 0.4) is 0 Å². The number of thiophene rings is 2. The van der Waals surface area contributed by atoms with Gasteiger partial charge in [0.2, 0.25) is 0 Å². The first-order valence-electron chi connectivity index (χ1n) is 10.9. The number of pyridine rings is 1. The van der Waals surface area contributed by atoms with Crippen LogP contribution in [0.15, 0.2) is 66.0 Å². The fourth-order valence-corrected chi connectivity index (χ4v) is 6.37. The van der Waals surface area contributed by atoms with Gasteiger partial charge in [-0.2, -0.15) is 0 Å². The smallest absolute Gasteiger partial charge is 0.256 e. The van der Waals surface area contributed by atoms with Gasteiger partial charge in [-0.1, -0.05) is 30.3 Å². The molecule has 0 aliphatic heterocycles. The van der Waals surface area contributed by atoms with E-state index in [9.17, 15) is 4.79 Å². The number of hydrogen-bond acceptors (Lipinski definition) is 5. The van der Waals surface area contributed by atoms with E-state index in [1.54, 1.807) is 22.7 Å². The van der Waals surface area contributed by atoms with Crippen LogP contribution in [-0.2, 0) is 12.8 Å². The van der Waals surface area contributed by atoms with Crippen molar-refractivity contribution >= 4 is 39.4 Å². The summed E-state index contributed by atoms with van der Waals surface area (Å²) in [4.78, 5) is 20.4. The van der Waals surface area contributed by atoms with E-state index < -0.39 is 0 Å². The highest BCUT2D eigenvalue weighted by atomic mass is 32.1. The minimum atomic E-state index is -0.0657. The van der Waals surface area contributed by atoms with Crippen LogP contribution in [0.2, 0.25) is 0 Å². The SMILES string of the molecule is Cc1cccc(NC(c2cccs2)c2c(NC(=O)c3ccccc3)sc3c2CCCC3)n1. The van der Waals surface area contributed by atoms with E-state index in [-0.39, 0.29) is 11.9 Å². The van der Waals surface area contributed by atoms with Gasteiger partial charge in [0.25, 0.3) is 5.91 Å². The third-order valence-electron chi connectivity index (χ3n) is 5.77. The lowest BCUT2D eigenvalue weighted by molar-refractivity contribution is 0.102. The van der Waals surface area contributed by atoms with E-state index in [0.717, 1.165) is 29.4 Å². The number of fused-ring (bicyclic) bond motifs is 1. The summed E-state index contributed by atoms with van der Waals surface area (Å²) in [6.45, 7) is 2.00. The van der Waals surface area contributed by atoms with Crippen molar-refractivity contribution in [3.8, 4) is 0 Å². The summed E-state index contributed by atoms with van der Waals surface area (Å²) in [5, 5.41) is 9.98. The fourth-order valence-electron chi connectivity index (χ4n) is 4.27. The number of carbonyl (C=O) groups is 1. The summed E-state index contributed by atoms with van der Waals surface area (Å²) in [6, 6.07) is 19.7. The van der Waals surface area contributed by atoms with Crippen molar-refractivity contribution in [1.82, 2.24) is 4.98 Å². The van der Waals surface area contributed by atoms with E-state index in [2.05, 4.69) is 28.1 Å². The summed E-state index contributed by atoms with van der Waals surface area (Å²) in [7, 11) is 0. The van der Waals surface area contributed by atoms with E-state index >= 15 is 0 Å². The monoisotopic (exact) mass is 459 g/mol. The molecule has 5 rings (SSSR count). The molecule has 0 spiro atoms. The lowest BCUT2D eigenvalue weighted by atomic mass is 9.91. The molecule has 0 saturated heterocycles. The molecule has 0 radical (unpaired) electrons. The zero-order valence-corrected chi connectivity index (χ0v) is 19.6. The van der Waals surface area contributed by atoms with Gasteiger partial charge in [0.1, 0.15) is 10.8 Å². The maximum atomic E-state index is 13.1. The summed E-state index contributed by atoms with van der Waals surface area (Å²) in [5.74, 6) is 0.781. The van der Waals surface area contributed by atoms with Gasteiger partial charge in [0.15, 0.2) is 0 Å². The third-order valence-corrected chi connectivity index (χ3v) is 7.93. The topological polar surface area (TPSA) is 54.0 Å². The average Bonchev–Trinajstić information content (AvgIpc) is 3.46. The van der Waals surface area contributed by atoms with Gasteiger partial charge in [-0.3, -0.25) is 4.79 Å². The number of hydrogen-bond donors (Lipinski definition) is 2. The summed E-state index contributed by atoms with van der Waals surface area (Å²) in [5.41, 5.74) is 4.23. The molecule has 1 aliphatic rings. The Balaban J connectivity index is 1.58. The molecule has 3 aromatic heterocycles. The van der Waals surface area contributed by atoms with Gasteiger partial charge in [-0.15, -0.1) is 22.7 Å². The Labute approximate surface area is 196 Å². The van der Waals surface area contributed by atoms with Crippen LogP contribution in [0.1, 0.15) is 55.8 Å². The number of carbonyl (C=O) groups excluding carboxylic acids is 1. The van der Waals surface area contributed by atoms with Crippen LogP contribution < -0.4 is 10.6 Å². The molecule has 32 heavy (non-hydrogen) atoms. The summed E-state index contributed by atoms with van der Waals surface area (Å²) >= 11 is 3.47. The number of rotatable bonds is 6. The van der Waals surface area contributed by atoms with Gasteiger partial charge < -0.3 is 10.6 Å². The highest BCUT2D eigenvalue weighted by Gasteiger charge is 2.29. The number of amides is 1. The fraction of sp³-hybridized carbons (Fsp3) is 0.231. The van der Waals surface area contributed by atoms with Crippen LogP contribution in [0.5, 0.6) is 0 Å². The third kappa shape index (κ3) is 4.33. The largest absolute Gasteiger partial charge is 0.358 e. The van der Waals surface area contributed by atoms with Gasteiger partial charge in [-0.25, -0.2) is 4.98 Å². The molecule has 3 heterocycles. The van der Waals surface area contributed by atoms with Crippen LogP contribution >= 0.6 is 22.7 Å². The minimum Gasteiger partial charge on any atom is -0.358 e. The molecule has 2 N–H and O–H groups in total. The van der Waals surface area contributed by atoms with E-state index in [4.69, 9.17) is 4.98 Å². The number of anilines is 2. The zero-order chi connectivity index (χ0) is 21.9. The standard InChI is InChI=1S/C26H25N3OS2/c1-17-9-7-15-22(27-17)28-24(21-14-8-16-31-21)23-19-12-5-6-13-20(19)32-26(23)29-25(30)18-10-3-2-4-11-18/h2-4,7-11,14-16,24H,5-6,12-13H2,1H3,(H,27,28)(H,29,30). The molecule has 1 amide bonds. The maximum absolute atomic E-state index is 13.1. The second kappa shape index (κ2) is 9.27. The number of aryl methyl sites for hydroxylation is 2. The van der Waals surface area contributed by atoms with Gasteiger partial charge in [0, 0.05) is 26.6 Å². The van der Waals surface area contributed by atoms with E-state index in [0.29, 0.717) is 5.56 Å². The predicted molar refractivity (Wildman–Crippen MR) is 134 cm³/mol. The molecule has 162 valence electrons. The molecule has 4 aromatic rings.